The summed E-state index contributed by atoms with van der Waals surface area (Å²) in [5, 5.41) is 67.4. The van der Waals surface area contributed by atoms with E-state index in [1.54, 1.807) is 0 Å². The van der Waals surface area contributed by atoms with Crippen LogP contribution in [0.15, 0.2) is 0 Å². The normalized spacial score (nSPS) is 31.5. The summed E-state index contributed by atoms with van der Waals surface area (Å²) in [6.07, 6.45) is -6.72. The maximum atomic E-state index is 12.4. The Morgan fingerprint density at radius 1 is 0.681 bits per heavy atom. The van der Waals surface area contributed by atoms with Crippen molar-refractivity contribution in [2.45, 2.75) is 139 Å². The summed E-state index contributed by atoms with van der Waals surface area (Å²) in [4.78, 5) is 47.7. The van der Waals surface area contributed by atoms with E-state index < -0.39 is 86.3 Å². The Morgan fingerprint density at radius 2 is 1.13 bits per heavy atom. The van der Waals surface area contributed by atoms with Crippen LogP contribution in [-0.4, -0.2) is 148 Å². The molecule has 3 amide bonds. The Bertz CT molecular complexity index is 989. The third kappa shape index (κ3) is 13.6. The van der Waals surface area contributed by atoms with Gasteiger partial charge < -0.3 is 65.5 Å². The molecule has 0 aromatic carbocycles. The summed E-state index contributed by atoms with van der Waals surface area (Å²) >= 11 is 0. The first-order chi connectivity index (χ1) is 22.3. The van der Waals surface area contributed by atoms with Crippen LogP contribution in [0.25, 0.3) is 0 Å². The zero-order chi connectivity index (χ0) is 35.1. The van der Waals surface area contributed by atoms with Gasteiger partial charge in [0.15, 0.2) is 12.6 Å². The number of Topliss-reactive ketones (excluding diaryl/α,β-unsaturated/α-hetero) is 1. The van der Waals surface area contributed by atoms with E-state index in [2.05, 4.69) is 16.0 Å². The van der Waals surface area contributed by atoms with E-state index in [0.29, 0.717) is 38.5 Å². The maximum absolute atomic E-state index is 12.4. The number of aliphatic hydroxyl groups excluding tert-OH is 6. The molecule has 0 bridgehead atoms. The summed E-state index contributed by atoms with van der Waals surface area (Å²) in [6.45, 7) is 3.52. The lowest BCUT2D eigenvalue weighted by molar-refractivity contribution is -0.270. The van der Waals surface area contributed by atoms with E-state index in [0.717, 1.165) is 0 Å². The summed E-state index contributed by atoms with van der Waals surface area (Å²) in [6, 6.07) is -2.28. The van der Waals surface area contributed by atoms with E-state index in [4.69, 9.17) is 18.9 Å². The molecule has 2 saturated heterocycles. The Labute approximate surface area is 274 Å². The van der Waals surface area contributed by atoms with Crippen molar-refractivity contribution in [3.63, 3.8) is 0 Å². The molecular weight excluding hydrogens is 626 g/mol. The quantitative estimate of drug-likeness (QED) is 0.0585. The molecule has 0 radical (unpaired) electrons. The van der Waals surface area contributed by atoms with Gasteiger partial charge in [0.05, 0.1) is 13.2 Å². The fourth-order valence-electron chi connectivity index (χ4n) is 5.36. The number of carbonyl (C=O) groups excluding carboxylic acids is 4. The Kier molecular flexibility index (Phi) is 18.2. The van der Waals surface area contributed by atoms with Crippen molar-refractivity contribution in [1.82, 2.24) is 16.0 Å². The summed E-state index contributed by atoms with van der Waals surface area (Å²) in [5.41, 5.74) is 0. The molecule has 11 atom stereocenters. The van der Waals surface area contributed by atoms with Gasteiger partial charge in [0.25, 0.3) is 0 Å². The smallest absolute Gasteiger partial charge is 0.220 e. The van der Waals surface area contributed by atoms with E-state index in [1.807, 2.05) is 6.92 Å². The van der Waals surface area contributed by atoms with Crippen molar-refractivity contribution in [2.75, 3.05) is 26.4 Å². The first kappa shape index (κ1) is 40.9. The molecule has 0 aromatic heterocycles. The molecule has 272 valence electrons. The number of carbonyl (C=O) groups is 4. The molecule has 2 fully saturated rings. The van der Waals surface area contributed by atoms with Gasteiger partial charge in [-0.25, -0.2) is 0 Å². The second-order valence-electron chi connectivity index (χ2n) is 12.1. The third-order valence-electron chi connectivity index (χ3n) is 7.98. The molecule has 47 heavy (non-hydrogen) atoms. The topological polar surface area (TPSA) is 263 Å². The predicted molar refractivity (Wildman–Crippen MR) is 162 cm³/mol. The van der Waals surface area contributed by atoms with Gasteiger partial charge in [-0.3, -0.25) is 19.2 Å². The summed E-state index contributed by atoms with van der Waals surface area (Å²) < 4.78 is 22.3. The Balaban J connectivity index is 1.60. The van der Waals surface area contributed by atoms with Crippen LogP contribution in [0.4, 0.5) is 0 Å². The molecular formula is C30H53N3O14. The predicted octanol–water partition coefficient (Wildman–Crippen LogP) is -2.90. The molecule has 2 heterocycles. The molecule has 0 aliphatic carbocycles. The van der Waals surface area contributed by atoms with Crippen LogP contribution in [0.3, 0.4) is 0 Å². The molecule has 0 saturated carbocycles. The van der Waals surface area contributed by atoms with E-state index in [-0.39, 0.29) is 43.8 Å². The van der Waals surface area contributed by atoms with Crippen LogP contribution in [0.2, 0.25) is 0 Å². The first-order valence-corrected chi connectivity index (χ1v) is 16.1. The molecule has 0 aromatic rings. The van der Waals surface area contributed by atoms with Gasteiger partial charge in [0, 0.05) is 52.4 Å². The molecule has 2 aliphatic rings. The molecule has 2 aliphatic heterocycles. The molecule has 5 unspecified atom stereocenters. The lowest BCUT2D eigenvalue weighted by atomic mass is 9.97. The van der Waals surface area contributed by atoms with Crippen molar-refractivity contribution < 1.29 is 68.8 Å². The number of unbranched alkanes of at least 4 members (excludes halogenated alkanes) is 2. The number of rotatable bonds is 20. The van der Waals surface area contributed by atoms with E-state index in [9.17, 15) is 49.8 Å². The number of aliphatic hydroxyl groups is 6. The fraction of sp³-hybridized carbons (Fsp3) is 0.867. The van der Waals surface area contributed by atoms with Crippen LogP contribution < -0.4 is 16.0 Å². The van der Waals surface area contributed by atoms with Crippen LogP contribution in [-0.2, 0) is 38.1 Å². The van der Waals surface area contributed by atoms with Gasteiger partial charge in [0.2, 0.25) is 17.7 Å². The maximum Gasteiger partial charge on any atom is 0.220 e. The highest BCUT2D eigenvalue weighted by molar-refractivity contribution is 5.79. The highest BCUT2D eigenvalue weighted by Crippen LogP contribution is 2.24. The minimum atomic E-state index is -1.40. The highest BCUT2D eigenvalue weighted by atomic mass is 16.7. The van der Waals surface area contributed by atoms with Gasteiger partial charge in [-0.15, -0.1) is 0 Å². The zero-order valence-electron chi connectivity index (χ0n) is 27.3. The lowest BCUT2D eigenvalue weighted by Gasteiger charge is -2.42. The van der Waals surface area contributed by atoms with E-state index >= 15 is 0 Å². The van der Waals surface area contributed by atoms with Crippen LogP contribution >= 0.6 is 0 Å². The molecule has 9 N–H and O–H groups in total. The summed E-state index contributed by atoms with van der Waals surface area (Å²) in [7, 11) is 0. The summed E-state index contributed by atoms with van der Waals surface area (Å²) in [5.74, 6) is -1.06. The molecule has 0 spiro atoms. The third-order valence-corrected chi connectivity index (χ3v) is 7.98. The van der Waals surface area contributed by atoms with Crippen LogP contribution in [0, 0.1) is 0 Å². The zero-order valence-corrected chi connectivity index (χ0v) is 27.3. The van der Waals surface area contributed by atoms with E-state index in [1.165, 1.54) is 13.8 Å². The van der Waals surface area contributed by atoms with Gasteiger partial charge in [0.1, 0.15) is 54.5 Å². The number of amides is 3. The lowest BCUT2D eigenvalue weighted by Crippen LogP contribution is -2.64. The number of ether oxygens (including phenoxy) is 4. The second-order valence-corrected chi connectivity index (χ2v) is 12.1. The number of ketones is 1. The van der Waals surface area contributed by atoms with Crippen LogP contribution in [0.1, 0.15) is 72.1 Å². The van der Waals surface area contributed by atoms with Gasteiger partial charge >= 0.3 is 0 Å². The monoisotopic (exact) mass is 679 g/mol. The minimum absolute atomic E-state index is 0.0238. The van der Waals surface area contributed by atoms with Gasteiger partial charge in [-0.1, -0.05) is 0 Å². The van der Waals surface area contributed by atoms with Crippen LogP contribution in [0.5, 0.6) is 0 Å². The molecule has 17 heteroatoms. The average molecular weight is 680 g/mol. The SMILES string of the molecule is CC(=O)NC1[C@H](OCCCCC(=O)CCC(C)NC(=O)CCCCO[C@@H]2OC(CO)[C@H](O)[C@H](O)C2NC(C)=O)OC(CO)[C@H](O)[C@@H]1O. The van der Waals surface area contributed by atoms with Crippen molar-refractivity contribution in [2.24, 2.45) is 0 Å². The van der Waals surface area contributed by atoms with Crippen molar-refractivity contribution in [3.05, 3.63) is 0 Å². The molecule has 2 rings (SSSR count). The van der Waals surface area contributed by atoms with Gasteiger partial charge in [-0.05, 0) is 39.0 Å². The Hall–Kier alpha value is -2.32. The number of hydrogen-bond donors (Lipinski definition) is 9. The van der Waals surface area contributed by atoms with Crippen molar-refractivity contribution >= 4 is 23.5 Å². The van der Waals surface area contributed by atoms with Gasteiger partial charge in [-0.2, -0.15) is 0 Å². The fourth-order valence-corrected chi connectivity index (χ4v) is 5.36. The number of nitrogens with one attached hydrogen (secondary N) is 3. The highest BCUT2D eigenvalue weighted by Gasteiger charge is 2.46. The Morgan fingerprint density at radius 3 is 1.55 bits per heavy atom. The second kappa shape index (κ2) is 20.9. The standard InChI is InChI=1S/C30H53N3O14/c1-16(31-22(39)9-5-7-13-45-30-24(33-18(3)37)28(43)26(41)21(15-35)47-30)10-11-19(38)8-4-6-12-44-29-23(32-17(2)36)27(42)25(40)20(14-34)46-29/h16,20-21,23-30,34-35,40-43H,4-15H2,1-3H3,(H,31,39)(H,32,36)(H,33,37)/t16?,20?,21?,23?,24?,25-,26-,27+,28+,29+,30+/m0/s1. The molecule has 17 nitrogen and oxygen atoms in total. The minimum Gasteiger partial charge on any atom is -0.394 e. The number of hydrogen-bond acceptors (Lipinski definition) is 14. The largest absolute Gasteiger partial charge is 0.394 e. The van der Waals surface area contributed by atoms with Crippen molar-refractivity contribution in [1.29, 1.82) is 0 Å². The van der Waals surface area contributed by atoms with Crippen molar-refractivity contribution in [3.8, 4) is 0 Å². The first-order valence-electron chi connectivity index (χ1n) is 16.1. The average Bonchev–Trinajstić information content (AvgIpc) is 3.01.